The van der Waals surface area contributed by atoms with E-state index >= 15 is 0 Å². The molecule has 1 N–H and O–H groups in total. The first kappa shape index (κ1) is 6.15. The van der Waals surface area contributed by atoms with Crippen LogP contribution in [-0.4, -0.2) is 19.4 Å². The van der Waals surface area contributed by atoms with E-state index in [0.717, 1.165) is 0 Å². The molecule has 0 saturated carbocycles. The van der Waals surface area contributed by atoms with Gasteiger partial charge in [-0.25, -0.2) is 0 Å². The van der Waals surface area contributed by atoms with Crippen molar-refractivity contribution in [1.82, 2.24) is 5.32 Å². The van der Waals surface area contributed by atoms with Gasteiger partial charge in [-0.1, -0.05) is 26.5 Å². The Morgan fingerprint density at radius 2 is 1.75 bits per heavy atom. The van der Waals surface area contributed by atoms with Crippen LogP contribution >= 0.6 is 0 Å². The van der Waals surface area contributed by atoms with E-state index < -0.39 is 0 Å². The lowest BCUT2D eigenvalue weighted by Gasteiger charge is -2.24. The predicted octanol–water partition coefficient (Wildman–Crippen LogP) is 0.907. The Morgan fingerprint density at radius 1 is 1.25 bits per heavy atom. The average Bonchev–Trinajstić information content (AvgIpc) is 1.64. The molecule has 0 aliphatic carbocycles. The summed E-state index contributed by atoms with van der Waals surface area (Å²) in [6.07, 6.45) is 2.48. The Balaban J connectivity index is 2.23. The van der Waals surface area contributed by atoms with Crippen molar-refractivity contribution in [3.8, 4) is 0 Å². The van der Waals surface area contributed by atoms with Crippen molar-refractivity contribution in [3.05, 3.63) is 0 Å². The van der Waals surface area contributed by atoms with E-state index in [9.17, 15) is 0 Å². The maximum Gasteiger partial charge on any atom is 0.113 e. The Kier molecular flexibility index (Phi) is 1.95. The molecule has 0 bridgehead atoms. The maximum absolute atomic E-state index is 3.45. The molecule has 0 spiro atoms. The Morgan fingerprint density at radius 3 is 2.00 bits per heavy atom. The number of nitrogens with one attached hydrogen (secondary N) is 1. The summed E-state index contributed by atoms with van der Waals surface area (Å²) >= 11 is 0. The van der Waals surface area contributed by atoms with Gasteiger partial charge in [-0.3, -0.25) is 0 Å². The molecule has 8 heavy (non-hydrogen) atoms. The zero-order valence-corrected chi connectivity index (χ0v) is 5.65. The van der Waals surface area contributed by atoms with Gasteiger partial charge in [0.05, 0.1) is 0 Å². The van der Waals surface area contributed by atoms with Crippen molar-refractivity contribution < 1.29 is 0 Å². The third-order valence-electron chi connectivity index (χ3n) is 1.61. The normalized spacial score (nSPS) is 38.8. The van der Waals surface area contributed by atoms with Crippen molar-refractivity contribution >= 4 is 7.28 Å². The van der Waals surface area contributed by atoms with Crippen LogP contribution in [0.3, 0.4) is 0 Å². The molecule has 2 heteroatoms. The highest BCUT2D eigenvalue weighted by Crippen LogP contribution is 2.05. The third kappa shape index (κ3) is 1.51. The van der Waals surface area contributed by atoms with Crippen LogP contribution < -0.4 is 5.32 Å². The summed E-state index contributed by atoms with van der Waals surface area (Å²) < 4.78 is 0. The molecular weight excluding hydrogens is 96.9 g/mol. The van der Waals surface area contributed by atoms with E-state index in [1.54, 1.807) is 0 Å². The summed E-state index contributed by atoms with van der Waals surface area (Å²) in [7, 11) is 2.37. The number of rotatable bonds is 0. The minimum atomic E-state index is 0.707. The van der Waals surface area contributed by atoms with E-state index in [0.29, 0.717) is 12.1 Å². The molecule has 1 aliphatic rings. The second-order valence-corrected chi connectivity index (χ2v) is 2.73. The average molecular weight is 110 g/mol. The van der Waals surface area contributed by atoms with E-state index in [2.05, 4.69) is 26.4 Å². The predicted molar refractivity (Wildman–Crippen MR) is 37.4 cm³/mol. The topological polar surface area (TPSA) is 12.0 Å². The molecule has 1 rings (SSSR count). The molecule has 1 nitrogen and oxygen atoms in total. The van der Waals surface area contributed by atoms with Gasteiger partial charge in [0.1, 0.15) is 7.28 Å². The largest absolute Gasteiger partial charge is 0.313 e. The van der Waals surface area contributed by atoms with Crippen LogP contribution in [-0.2, 0) is 0 Å². The lowest BCUT2D eigenvalue weighted by Crippen LogP contribution is -2.40. The van der Waals surface area contributed by atoms with Gasteiger partial charge in [0.25, 0.3) is 0 Å². The van der Waals surface area contributed by atoms with Gasteiger partial charge in [-0.2, -0.15) is 0 Å². The van der Waals surface area contributed by atoms with Crippen molar-refractivity contribution in [1.29, 1.82) is 0 Å². The smallest absolute Gasteiger partial charge is 0.113 e. The van der Waals surface area contributed by atoms with E-state index in [1.165, 1.54) is 12.6 Å². The van der Waals surface area contributed by atoms with E-state index in [4.69, 9.17) is 0 Å². The summed E-state index contributed by atoms with van der Waals surface area (Å²) in [6, 6.07) is 1.41. The molecule has 1 fully saturated rings. The minimum Gasteiger partial charge on any atom is -0.313 e. The number of hydrogen-bond acceptors (Lipinski definition) is 1. The van der Waals surface area contributed by atoms with Crippen LogP contribution in [0.15, 0.2) is 0 Å². The van der Waals surface area contributed by atoms with Crippen molar-refractivity contribution in [2.45, 2.75) is 38.6 Å². The van der Waals surface area contributed by atoms with E-state index in [1.807, 2.05) is 0 Å². The number of hydrogen-bond donors (Lipinski definition) is 1. The monoisotopic (exact) mass is 110 g/mol. The SMILES string of the molecule is CC1C[B]CC(C)N1. The summed E-state index contributed by atoms with van der Waals surface area (Å²) in [6.45, 7) is 4.46. The molecular formula is C6H13BN. The maximum atomic E-state index is 3.45. The first-order valence-corrected chi connectivity index (χ1v) is 3.37. The fourth-order valence-corrected chi connectivity index (χ4v) is 1.22. The molecule has 0 aromatic carbocycles. The fourth-order valence-electron chi connectivity index (χ4n) is 1.22. The van der Waals surface area contributed by atoms with Gasteiger partial charge in [0, 0.05) is 0 Å². The Bertz CT molecular complexity index is 66.9. The summed E-state index contributed by atoms with van der Waals surface area (Å²) in [5.41, 5.74) is 0. The molecule has 0 amide bonds. The molecule has 2 atom stereocenters. The first-order chi connectivity index (χ1) is 3.79. The van der Waals surface area contributed by atoms with Crippen molar-refractivity contribution in [2.24, 2.45) is 0 Å². The third-order valence-corrected chi connectivity index (χ3v) is 1.61. The van der Waals surface area contributed by atoms with Gasteiger partial charge in [-0.05, 0) is 12.1 Å². The molecule has 1 aliphatic heterocycles. The minimum absolute atomic E-state index is 0.707. The summed E-state index contributed by atoms with van der Waals surface area (Å²) in [5.74, 6) is 0. The highest BCUT2D eigenvalue weighted by Gasteiger charge is 2.12. The van der Waals surface area contributed by atoms with Gasteiger partial charge in [-0.15, -0.1) is 0 Å². The van der Waals surface area contributed by atoms with Crippen molar-refractivity contribution in [2.75, 3.05) is 0 Å². The highest BCUT2D eigenvalue weighted by atomic mass is 14.9. The van der Waals surface area contributed by atoms with Crippen molar-refractivity contribution in [3.63, 3.8) is 0 Å². The molecule has 2 unspecified atom stereocenters. The lowest BCUT2D eigenvalue weighted by molar-refractivity contribution is 0.495. The quantitative estimate of drug-likeness (QED) is 0.457. The summed E-state index contributed by atoms with van der Waals surface area (Å²) in [5, 5.41) is 3.45. The van der Waals surface area contributed by atoms with Gasteiger partial charge < -0.3 is 5.32 Å². The summed E-state index contributed by atoms with van der Waals surface area (Å²) in [4.78, 5) is 0. The van der Waals surface area contributed by atoms with Crippen LogP contribution in [0.4, 0.5) is 0 Å². The molecule has 0 aromatic heterocycles. The molecule has 45 valence electrons. The van der Waals surface area contributed by atoms with E-state index in [-0.39, 0.29) is 0 Å². The first-order valence-electron chi connectivity index (χ1n) is 3.37. The van der Waals surface area contributed by atoms with Crippen LogP contribution in [0.5, 0.6) is 0 Å². The molecule has 0 aromatic rings. The molecule has 1 saturated heterocycles. The zero-order chi connectivity index (χ0) is 5.98. The van der Waals surface area contributed by atoms with Crippen LogP contribution in [0, 0.1) is 0 Å². The standard InChI is InChI=1S/C6H13BN/c1-5-3-7-4-6(2)8-5/h5-6,8H,3-4H2,1-2H3. The fraction of sp³-hybridized carbons (Fsp3) is 1.00. The molecule has 1 radical (unpaired) electrons. The van der Waals surface area contributed by atoms with Crippen LogP contribution in [0.2, 0.25) is 12.6 Å². The molecule has 1 heterocycles. The van der Waals surface area contributed by atoms with Gasteiger partial charge >= 0.3 is 0 Å². The Hall–Kier alpha value is 0.0249. The lowest BCUT2D eigenvalue weighted by atomic mass is 9.64. The van der Waals surface area contributed by atoms with Crippen LogP contribution in [0.1, 0.15) is 13.8 Å². The highest BCUT2D eigenvalue weighted by molar-refractivity contribution is 6.36. The second kappa shape index (κ2) is 2.54. The van der Waals surface area contributed by atoms with Gasteiger partial charge in [0.15, 0.2) is 0 Å². The van der Waals surface area contributed by atoms with Crippen LogP contribution in [0.25, 0.3) is 0 Å². The Labute approximate surface area is 52.1 Å². The second-order valence-electron chi connectivity index (χ2n) is 2.73. The van der Waals surface area contributed by atoms with Gasteiger partial charge in [0.2, 0.25) is 0 Å². The zero-order valence-electron chi connectivity index (χ0n) is 5.65.